The van der Waals surface area contributed by atoms with E-state index >= 15 is 0 Å². The number of halogens is 2. The fourth-order valence-corrected chi connectivity index (χ4v) is 3.33. The molecular formula is C19H18F2N4OS. The molecule has 1 atom stereocenters. The third-order valence-corrected chi connectivity index (χ3v) is 5.00. The molecule has 0 aliphatic heterocycles. The molecule has 0 spiro atoms. The van der Waals surface area contributed by atoms with Crippen LogP contribution in [0, 0.1) is 18.6 Å². The van der Waals surface area contributed by atoms with Crippen LogP contribution in [0.2, 0.25) is 0 Å². The Kier molecular flexibility index (Phi) is 5.85. The van der Waals surface area contributed by atoms with Crippen LogP contribution in [0.3, 0.4) is 0 Å². The maximum absolute atomic E-state index is 13.7. The molecule has 1 amide bonds. The van der Waals surface area contributed by atoms with Crippen molar-refractivity contribution in [2.45, 2.75) is 30.8 Å². The van der Waals surface area contributed by atoms with Crippen LogP contribution >= 0.6 is 11.8 Å². The number of benzene rings is 2. The standard InChI is InChI=1S/C19H18F2N4OS/c1-12(18(26)22-17-10-15(20)8-9-16(17)21)27-19-24-23-13(2)25(19)11-14-6-4-3-5-7-14/h3-10,12H,11H2,1-2H3,(H,22,26)/t12-/m1/s1. The molecule has 1 N–H and O–H groups in total. The van der Waals surface area contributed by atoms with Gasteiger partial charge in [0.1, 0.15) is 17.5 Å². The molecule has 0 fully saturated rings. The van der Waals surface area contributed by atoms with E-state index in [2.05, 4.69) is 15.5 Å². The lowest BCUT2D eigenvalue weighted by molar-refractivity contribution is -0.115. The molecule has 140 valence electrons. The number of carbonyl (C=O) groups excluding carboxylic acids is 1. The highest BCUT2D eigenvalue weighted by Gasteiger charge is 2.20. The molecular weight excluding hydrogens is 370 g/mol. The number of hydrogen-bond donors (Lipinski definition) is 1. The number of nitrogens with zero attached hydrogens (tertiary/aromatic N) is 3. The van der Waals surface area contributed by atoms with E-state index in [0.29, 0.717) is 11.7 Å². The van der Waals surface area contributed by atoms with E-state index in [1.807, 2.05) is 41.8 Å². The quantitative estimate of drug-likeness (QED) is 0.648. The smallest absolute Gasteiger partial charge is 0.237 e. The van der Waals surface area contributed by atoms with Crippen LogP contribution in [-0.4, -0.2) is 25.9 Å². The number of amides is 1. The normalized spacial score (nSPS) is 12.0. The molecule has 1 heterocycles. The van der Waals surface area contributed by atoms with Gasteiger partial charge in [-0.2, -0.15) is 0 Å². The monoisotopic (exact) mass is 388 g/mol. The lowest BCUT2D eigenvalue weighted by Crippen LogP contribution is -2.23. The van der Waals surface area contributed by atoms with E-state index in [0.717, 1.165) is 29.6 Å². The van der Waals surface area contributed by atoms with Crippen molar-refractivity contribution >= 4 is 23.4 Å². The molecule has 0 bridgehead atoms. The fraction of sp³-hybridized carbons (Fsp3) is 0.211. The van der Waals surface area contributed by atoms with Crippen molar-refractivity contribution < 1.29 is 13.6 Å². The van der Waals surface area contributed by atoms with Gasteiger partial charge in [0, 0.05) is 6.07 Å². The summed E-state index contributed by atoms with van der Waals surface area (Å²) in [5.41, 5.74) is 0.899. The van der Waals surface area contributed by atoms with E-state index in [4.69, 9.17) is 0 Å². The van der Waals surface area contributed by atoms with Gasteiger partial charge in [-0.15, -0.1) is 10.2 Å². The Morgan fingerprint density at radius 3 is 2.67 bits per heavy atom. The van der Waals surface area contributed by atoms with Crippen molar-refractivity contribution in [2.75, 3.05) is 5.32 Å². The first-order valence-electron chi connectivity index (χ1n) is 8.30. The summed E-state index contributed by atoms with van der Waals surface area (Å²) < 4.78 is 28.9. The lowest BCUT2D eigenvalue weighted by Gasteiger charge is -2.13. The van der Waals surface area contributed by atoms with Gasteiger partial charge >= 0.3 is 0 Å². The van der Waals surface area contributed by atoms with E-state index in [-0.39, 0.29) is 5.69 Å². The van der Waals surface area contributed by atoms with Crippen LogP contribution in [0.15, 0.2) is 53.7 Å². The zero-order chi connectivity index (χ0) is 19.4. The van der Waals surface area contributed by atoms with Crippen LogP contribution in [0.5, 0.6) is 0 Å². The molecule has 0 aliphatic carbocycles. The van der Waals surface area contributed by atoms with Crippen LogP contribution < -0.4 is 5.32 Å². The molecule has 0 saturated carbocycles. The minimum Gasteiger partial charge on any atom is -0.323 e. The van der Waals surface area contributed by atoms with E-state index in [1.54, 1.807) is 6.92 Å². The summed E-state index contributed by atoms with van der Waals surface area (Å²) in [6.45, 7) is 4.09. The van der Waals surface area contributed by atoms with Gasteiger partial charge < -0.3 is 9.88 Å². The van der Waals surface area contributed by atoms with Gasteiger partial charge in [-0.05, 0) is 31.5 Å². The third kappa shape index (κ3) is 4.71. The van der Waals surface area contributed by atoms with E-state index in [1.165, 1.54) is 11.8 Å². The topological polar surface area (TPSA) is 59.8 Å². The Hall–Kier alpha value is -2.74. The van der Waals surface area contributed by atoms with Gasteiger partial charge in [-0.3, -0.25) is 4.79 Å². The predicted molar refractivity (Wildman–Crippen MR) is 101 cm³/mol. The van der Waals surface area contributed by atoms with Crippen LogP contribution in [0.1, 0.15) is 18.3 Å². The van der Waals surface area contributed by atoms with E-state index in [9.17, 15) is 13.6 Å². The number of anilines is 1. The highest BCUT2D eigenvalue weighted by Crippen LogP contribution is 2.25. The number of carbonyl (C=O) groups is 1. The maximum Gasteiger partial charge on any atom is 0.237 e. The van der Waals surface area contributed by atoms with Gasteiger partial charge in [0.05, 0.1) is 17.5 Å². The Morgan fingerprint density at radius 1 is 1.19 bits per heavy atom. The van der Waals surface area contributed by atoms with Crippen molar-refractivity contribution in [3.63, 3.8) is 0 Å². The SMILES string of the molecule is Cc1nnc(S[C@H](C)C(=O)Nc2cc(F)ccc2F)n1Cc1ccccc1. The fourth-order valence-electron chi connectivity index (χ4n) is 2.44. The van der Waals surface area contributed by atoms with Crippen molar-refractivity contribution in [1.82, 2.24) is 14.8 Å². The summed E-state index contributed by atoms with van der Waals surface area (Å²) in [7, 11) is 0. The zero-order valence-electron chi connectivity index (χ0n) is 14.8. The molecule has 3 aromatic rings. The number of nitrogens with one attached hydrogen (secondary N) is 1. The number of rotatable bonds is 6. The van der Waals surface area contributed by atoms with Crippen molar-refractivity contribution in [3.8, 4) is 0 Å². The molecule has 8 heteroatoms. The Bertz CT molecular complexity index is 946. The largest absolute Gasteiger partial charge is 0.323 e. The molecule has 0 unspecified atom stereocenters. The maximum atomic E-state index is 13.7. The molecule has 0 aliphatic rings. The minimum atomic E-state index is -0.690. The van der Waals surface area contributed by atoms with Crippen molar-refractivity contribution in [3.05, 3.63) is 71.6 Å². The Labute approximate surface area is 159 Å². The van der Waals surface area contributed by atoms with E-state index < -0.39 is 22.8 Å². The van der Waals surface area contributed by atoms with Gasteiger partial charge in [0.15, 0.2) is 5.16 Å². The third-order valence-electron chi connectivity index (χ3n) is 3.92. The average molecular weight is 388 g/mol. The minimum absolute atomic E-state index is 0.186. The highest BCUT2D eigenvalue weighted by atomic mass is 32.2. The molecule has 27 heavy (non-hydrogen) atoms. The molecule has 5 nitrogen and oxygen atoms in total. The molecule has 2 aromatic carbocycles. The highest BCUT2D eigenvalue weighted by molar-refractivity contribution is 8.00. The first-order chi connectivity index (χ1) is 12.9. The number of aryl methyl sites for hydroxylation is 1. The second-order valence-corrected chi connectivity index (χ2v) is 7.28. The number of aromatic nitrogens is 3. The Balaban J connectivity index is 1.71. The first kappa shape index (κ1) is 19.0. The van der Waals surface area contributed by atoms with Crippen LogP contribution in [-0.2, 0) is 11.3 Å². The molecule has 0 saturated heterocycles. The Morgan fingerprint density at radius 2 is 1.93 bits per heavy atom. The second kappa shape index (κ2) is 8.30. The van der Waals surface area contributed by atoms with Gasteiger partial charge in [-0.25, -0.2) is 8.78 Å². The second-order valence-electron chi connectivity index (χ2n) is 5.98. The van der Waals surface area contributed by atoms with Crippen LogP contribution in [0.25, 0.3) is 0 Å². The molecule has 1 aromatic heterocycles. The number of thioether (sulfide) groups is 1. The lowest BCUT2D eigenvalue weighted by atomic mass is 10.2. The zero-order valence-corrected chi connectivity index (χ0v) is 15.6. The first-order valence-corrected chi connectivity index (χ1v) is 9.18. The summed E-state index contributed by atoms with van der Waals surface area (Å²) in [5.74, 6) is -1.03. The van der Waals surface area contributed by atoms with Crippen LogP contribution in [0.4, 0.5) is 14.5 Å². The summed E-state index contributed by atoms with van der Waals surface area (Å²) >= 11 is 1.21. The molecule has 3 rings (SSSR count). The van der Waals surface area contributed by atoms with Crippen molar-refractivity contribution in [1.29, 1.82) is 0 Å². The van der Waals surface area contributed by atoms with Gasteiger partial charge in [0.25, 0.3) is 0 Å². The number of hydrogen-bond acceptors (Lipinski definition) is 4. The average Bonchev–Trinajstić information content (AvgIpc) is 2.99. The summed E-state index contributed by atoms with van der Waals surface area (Å²) in [6.07, 6.45) is 0. The van der Waals surface area contributed by atoms with Crippen molar-refractivity contribution in [2.24, 2.45) is 0 Å². The predicted octanol–water partition coefficient (Wildman–Crippen LogP) is 4.03. The van der Waals surface area contributed by atoms with Gasteiger partial charge in [0.2, 0.25) is 5.91 Å². The molecule has 0 radical (unpaired) electrons. The summed E-state index contributed by atoms with van der Waals surface area (Å²) in [5, 5.41) is 10.6. The summed E-state index contributed by atoms with van der Waals surface area (Å²) in [6, 6.07) is 12.8. The van der Waals surface area contributed by atoms with Gasteiger partial charge in [-0.1, -0.05) is 42.1 Å². The summed E-state index contributed by atoms with van der Waals surface area (Å²) in [4.78, 5) is 12.4.